The Balaban J connectivity index is 2.32. The molecule has 110 valence electrons. The second-order valence-electron chi connectivity index (χ2n) is 4.93. The smallest absolute Gasteiger partial charge is 0.296 e. The highest BCUT2D eigenvalue weighted by atomic mass is 16.7. The molecule has 0 aromatic heterocycles. The average Bonchev–Trinajstić information content (AvgIpc) is 2.84. The lowest BCUT2D eigenvalue weighted by Crippen LogP contribution is -2.30. The van der Waals surface area contributed by atoms with E-state index in [1.807, 2.05) is 13.8 Å². The van der Waals surface area contributed by atoms with Crippen LogP contribution < -0.4 is 14.8 Å². The van der Waals surface area contributed by atoms with Crippen molar-refractivity contribution in [1.82, 2.24) is 0 Å². The maximum Gasteiger partial charge on any atom is 0.296 e. The summed E-state index contributed by atoms with van der Waals surface area (Å²) in [5.74, 6) is 1.17. The second kappa shape index (κ2) is 5.96. The quantitative estimate of drug-likeness (QED) is 0.637. The number of benzene rings is 1. The van der Waals surface area contributed by atoms with Crippen LogP contribution in [-0.2, 0) is 4.74 Å². The number of nitrogens with one attached hydrogen (secondary N) is 1. The van der Waals surface area contributed by atoms with Gasteiger partial charge in [0.15, 0.2) is 11.5 Å². The first-order valence-electron chi connectivity index (χ1n) is 6.36. The second-order valence-corrected chi connectivity index (χ2v) is 4.93. The van der Waals surface area contributed by atoms with E-state index in [1.54, 1.807) is 13.2 Å². The highest BCUT2D eigenvalue weighted by molar-refractivity contribution is 5.69. The molecule has 1 aromatic rings. The summed E-state index contributed by atoms with van der Waals surface area (Å²) in [5.41, 5.74) is 0.381. The first-order chi connectivity index (χ1) is 9.52. The van der Waals surface area contributed by atoms with Crippen LogP contribution in [0.4, 0.5) is 11.4 Å². The van der Waals surface area contributed by atoms with E-state index in [2.05, 4.69) is 5.32 Å². The topological polar surface area (TPSA) is 82.9 Å². The normalized spacial score (nSPS) is 14.4. The number of methoxy groups -OCH3 is 1. The molecule has 1 aliphatic heterocycles. The van der Waals surface area contributed by atoms with E-state index in [0.717, 1.165) is 0 Å². The fourth-order valence-corrected chi connectivity index (χ4v) is 1.98. The van der Waals surface area contributed by atoms with Gasteiger partial charge in [-0.3, -0.25) is 10.1 Å². The largest absolute Gasteiger partial charge is 0.454 e. The van der Waals surface area contributed by atoms with E-state index in [-0.39, 0.29) is 24.4 Å². The Morgan fingerprint density at radius 2 is 2.05 bits per heavy atom. The first-order valence-corrected chi connectivity index (χ1v) is 6.36. The molecule has 1 aliphatic rings. The van der Waals surface area contributed by atoms with Crippen molar-refractivity contribution >= 4 is 11.4 Å². The van der Waals surface area contributed by atoms with Gasteiger partial charge in [0, 0.05) is 13.2 Å². The minimum Gasteiger partial charge on any atom is -0.454 e. The molecule has 0 radical (unpaired) electrons. The minimum absolute atomic E-state index is 0.0286. The fourth-order valence-electron chi connectivity index (χ4n) is 1.98. The van der Waals surface area contributed by atoms with Crippen molar-refractivity contribution in [2.24, 2.45) is 5.92 Å². The standard InChI is InChI=1S/C13H18N2O5/c1-8(2)10(6-18-3)14-9-4-12-13(20-7-19-12)5-11(9)15(16)17/h4-5,8,10,14H,6-7H2,1-3H3. The summed E-state index contributed by atoms with van der Waals surface area (Å²) in [6.45, 7) is 4.59. The summed E-state index contributed by atoms with van der Waals surface area (Å²) in [6, 6.07) is 2.96. The zero-order valence-corrected chi connectivity index (χ0v) is 11.7. The van der Waals surface area contributed by atoms with E-state index in [1.165, 1.54) is 6.07 Å². The SMILES string of the molecule is COCC(Nc1cc2c(cc1[N+](=O)[O-])OCO2)C(C)C. The predicted molar refractivity (Wildman–Crippen MR) is 73.3 cm³/mol. The molecule has 1 unspecified atom stereocenters. The molecule has 0 bridgehead atoms. The molecule has 7 heteroatoms. The van der Waals surface area contributed by atoms with Crippen LogP contribution in [0, 0.1) is 16.0 Å². The van der Waals surface area contributed by atoms with Crippen molar-refractivity contribution in [2.45, 2.75) is 19.9 Å². The molecule has 20 heavy (non-hydrogen) atoms. The Morgan fingerprint density at radius 1 is 1.40 bits per heavy atom. The molecule has 0 saturated heterocycles. The fraction of sp³-hybridized carbons (Fsp3) is 0.538. The Morgan fingerprint density at radius 3 is 2.60 bits per heavy atom. The first kappa shape index (κ1) is 14.4. The molecule has 0 amide bonds. The van der Waals surface area contributed by atoms with E-state index in [0.29, 0.717) is 23.8 Å². The van der Waals surface area contributed by atoms with E-state index < -0.39 is 4.92 Å². The van der Waals surface area contributed by atoms with Gasteiger partial charge in [-0.15, -0.1) is 0 Å². The Labute approximate surface area is 117 Å². The Bertz CT molecular complexity index is 504. The third kappa shape index (κ3) is 2.93. The average molecular weight is 282 g/mol. The number of rotatable bonds is 6. The zero-order chi connectivity index (χ0) is 14.7. The number of nitro groups is 1. The van der Waals surface area contributed by atoms with Crippen molar-refractivity contribution in [2.75, 3.05) is 25.8 Å². The molecule has 1 aromatic carbocycles. The van der Waals surface area contributed by atoms with Crippen LogP contribution in [0.2, 0.25) is 0 Å². The third-order valence-electron chi connectivity index (χ3n) is 3.18. The molecule has 2 rings (SSSR count). The van der Waals surface area contributed by atoms with Crippen LogP contribution in [0.15, 0.2) is 12.1 Å². The predicted octanol–water partition coefficient (Wildman–Crippen LogP) is 2.41. The van der Waals surface area contributed by atoms with Crippen LogP contribution in [0.25, 0.3) is 0 Å². The number of nitrogens with zero attached hydrogens (tertiary/aromatic N) is 1. The van der Waals surface area contributed by atoms with Gasteiger partial charge in [-0.1, -0.05) is 13.8 Å². The Hall–Kier alpha value is -2.02. The van der Waals surface area contributed by atoms with Crippen LogP contribution >= 0.6 is 0 Å². The van der Waals surface area contributed by atoms with E-state index >= 15 is 0 Å². The molecule has 1 atom stereocenters. The number of hydrogen-bond acceptors (Lipinski definition) is 6. The van der Waals surface area contributed by atoms with Gasteiger partial charge in [0.25, 0.3) is 5.69 Å². The lowest BCUT2D eigenvalue weighted by molar-refractivity contribution is -0.384. The van der Waals surface area contributed by atoms with Gasteiger partial charge in [0.2, 0.25) is 6.79 Å². The molecule has 7 nitrogen and oxygen atoms in total. The van der Waals surface area contributed by atoms with Crippen molar-refractivity contribution in [3.8, 4) is 11.5 Å². The lowest BCUT2D eigenvalue weighted by Gasteiger charge is -2.22. The zero-order valence-electron chi connectivity index (χ0n) is 11.7. The van der Waals surface area contributed by atoms with Crippen molar-refractivity contribution in [1.29, 1.82) is 0 Å². The number of fused-ring (bicyclic) bond motifs is 1. The van der Waals surface area contributed by atoms with Crippen LogP contribution in [0.3, 0.4) is 0 Å². The summed E-state index contributed by atoms with van der Waals surface area (Å²) < 4.78 is 15.6. The monoisotopic (exact) mass is 282 g/mol. The van der Waals surface area contributed by atoms with Crippen LogP contribution in [0.1, 0.15) is 13.8 Å². The third-order valence-corrected chi connectivity index (χ3v) is 3.18. The van der Waals surface area contributed by atoms with Crippen molar-refractivity contribution in [3.05, 3.63) is 22.2 Å². The number of anilines is 1. The van der Waals surface area contributed by atoms with Gasteiger partial charge in [-0.25, -0.2) is 0 Å². The summed E-state index contributed by atoms with van der Waals surface area (Å²) in [6.07, 6.45) is 0. The van der Waals surface area contributed by atoms with Gasteiger partial charge in [0.05, 0.1) is 23.6 Å². The molecule has 0 fully saturated rings. The number of hydrogen-bond donors (Lipinski definition) is 1. The van der Waals surface area contributed by atoms with Crippen molar-refractivity contribution < 1.29 is 19.1 Å². The summed E-state index contributed by atoms with van der Waals surface area (Å²) >= 11 is 0. The summed E-state index contributed by atoms with van der Waals surface area (Å²) in [5, 5.41) is 14.3. The van der Waals surface area contributed by atoms with Gasteiger partial charge in [-0.05, 0) is 5.92 Å². The van der Waals surface area contributed by atoms with Crippen LogP contribution in [-0.4, -0.2) is 31.5 Å². The maximum absolute atomic E-state index is 11.2. The maximum atomic E-state index is 11.2. The molecular weight excluding hydrogens is 264 g/mol. The molecule has 1 N–H and O–H groups in total. The molecule has 1 heterocycles. The molecular formula is C13H18N2O5. The van der Waals surface area contributed by atoms with Gasteiger partial charge < -0.3 is 19.5 Å². The van der Waals surface area contributed by atoms with Crippen LogP contribution in [0.5, 0.6) is 11.5 Å². The molecule has 0 aliphatic carbocycles. The van der Waals surface area contributed by atoms with Crippen molar-refractivity contribution in [3.63, 3.8) is 0 Å². The highest BCUT2D eigenvalue weighted by Crippen LogP contribution is 2.40. The van der Waals surface area contributed by atoms with E-state index in [4.69, 9.17) is 14.2 Å². The lowest BCUT2D eigenvalue weighted by atomic mass is 10.0. The Kier molecular flexibility index (Phi) is 4.29. The van der Waals surface area contributed by atoms with Gasteiger partial charge >= 0.3 is 0 Å². The molecule has 0 spiro atoms. The summed E-state index contributed by atoms with van der Waals surface area (Å²) in [4.78, 5) is 10.7. The van der Waals surface area contributed by atoms with Gasteiger partial charge in [-0.2, -0.15) is 0 Å². The number of nitro benzene ring substituents is 1. The van der Waals surface area contributed by atoms with E-state index in [9.17, 15) is 10.1 Å². The number of ether oxygens (including phenoxy) is 3. The molecule has 0 saturated carbocycles. The summed E-state index contributed by atoms with van der Waals surface area (Å²) in [7, 11) is 1.60. The van der Waals surface area contributed by atoms with Gasteiger partial charge in [0.1, 0.15) is 5.69 Å². The highest BCUT2D eigenvalue weighted by Gasteiger charge is 2.25. The minimum atomic E-state index is -0.436.